The van der Waals surface area contributed by atoms with E-state index in [4.69, 9.17) is 14.3 Å². The number of benzene rings is 2. The van der Waals surface area contributed by atoms with Crippen molar-refractivity contribution < 1.29 is 28.7 Å². The molecule has 2 rings (SSSR count). The normalized spacial score (nSPS) is 11.3. The lowest BCUT2D eigenvalue weighted by atomic mass is 9.87. The van der Waals surface area contributed by atoms with E-state index in [9.17, 15) is 14.4 Å². The van der Waals surface area contributed by atoms with Gasteiger partial charge in [-0.3, -0.25) is 14.4 Å². The summed E-state index contributed by atoms with van der Waals surface area (Å²) in [6.45, 7) is 0.123. The molecule has 0 spiro atoms. The van der Waals surface area contributed by atoms with Crippen LogP contribution in [0.15, 0.2) is 48.5 Å². The van der Waals surface area contributed by atoms with Gasteiger partial charge in [0.25, 0.3) is 5.91 Å². The van der Waals surface area contributed by atoms with Crippen LogP contribution in [0.3, 0.4) is 0 Å². The van der Waals surface area contributed by atoms with Crippen LogP contribution in [0.5, 0.6) is 0 Å². The maximum Gasteiger partial charge on any atom is 0.338 e. The Labute approximate surface area is 158 Å². The number of hydrogen-bond acceptors (Lipinski definition) is 6. The van der Waals surface area contributed by atoms with Crippen LogP contribution in [0.2, 0.25) is 0 Å². The Kier molecular flexibility index (Phi) is 7.13. The number of rotatable bonds is 7. The number of amides is 1. The van der Waals surface area contributed by atoms with Gasteiger partial charge in [-0.05, 0) is 11.1 Å². The third kappa shape index (κ3) is 5.18. The Balaban J connectivity index is 2.23. The summed E-state index contributed by atoms with van der Waals surface area (Å²) in [6.07, 6.45) is 0. The summed E-state index contributed by atoms with van der Waals surface area (Å²) in [7, 11) is 4.18. The van der Waals surface area contributed by atoms with E-state index in [2.05, 4.69) is 5.48 Å². The van der Waals surface area contributed by atoms with E-state index in [0.717, 1.165) is 11.0 Å². The van der Waals surface area contributed by atoms with Crippen LogP contribution in [0, 0.1) is 0 Å². The Morgan fingerprint density at radius 2 is 1.74 bits per heavy atom. The summed E-state index contributed by atoms with van der Waals surface area (Å²) < 4.78 is 9.50. The summed E-state index contributed by atoms with van der Waals surface area (Å²) in [5, 5.41) is 0. The lowest BCUT2D eigenvalue weighted by molar-refractivity contribution is -0.150. The molecule has 0 saturated carbocycles. The van der Waals surface area contributed by atoms with Crippen molar-refractivity contribution in [1.29, 1.82) is 0 Å². The lowest BCUT2D eigenvalue weighted by Gasteiger charge is -2.18. The van der Waals surface area contributed by atoms with Crippen LogP contribution in [0.4, 0.5) is 0 Å². The van der Waals surface area contributed by atoms with Gasteiger partial charge >= 0.3 is 11.9 Å². The van der Waals surface area contributed by atoms with E-state index in [0.29, 0.717) is 0 Å². The van der Waals surface area contributed by atoms with E-state index in [1.54, 1.807) is 20.0 Å². The topological polar surface area (TPSA) is 90.9 Å². The number of hydroxylamine groups is 1. The molecule has 1 N–H and O–H groups in total. The molecule has 2 aromatic carbocycles. The second-order valence-corrected chi connectivity index (χ2v) is 5.78. The minimum absolute atomic E-state index is 0.117. The lowest BCUT2D eigenvalue weighted by Crippen LogP contribution is -2.35. The van der Waals surface area contributed by atoms with Crippen molar-refractivity contribution in [2.45, 2.75) is 12.5 Å². The zero-order valence-corrected chi connectivity index (χ0v) is 15.4. The molecule has 7 nitrogen and oxygen atoms in total. The van der Waals surface area contributed by atoms with E-state index in [1.807, 2.05) is 30.3 Å². The van der Waals surface area contributed by atoms with Crippen molar-refractivity contribution in [2.75, 3.05) is 14.2 Å². The molecule has 1 atom stereocenters. The number of nitrogens with one attached hydrogen (secondary N) is 1. The second kappa shape index (κ2) is 9.54. The van der Waals surface area contributed by atoms with Crippen molar-refractivity contribution >= 4 is 31.2 Å². The Bertz CT molecular complexity index is 824. The molecule has 140 valence electrons. The van der Waals surface area contributed by atoms with Gasteiger partial charge in [-0.15, -0.1) is 0 Å². The van der Waals surface area contributed by atoms with Gasteiger partial charge in [0.05, 0.1) is 26.4 Å². The fraction of sp³-hybridized carbons (Fsp3) is 0.211. The average molecular weight is 369 g/mol. The number of esters is 2. The molecule has 0 heterocycles. The highest BCUT2D eigenvalue weighted by Gasteiger charge is 2.33. The molecule has 0 saturated heterocycles. The number of hydrogen-bond donors (Lipinski definition) is 1. The monoisotopic (exact) mass is 369 g/mol. The van der Waals surface area contributed by atoms with Gasteiger partial charge in [0, 0.05) is 0 Å². The van der Waals surface area contributed by atoms with Crippen LogP contribution in [0.1, 0.15) is 27.4 Å². The summed E-state index contributed by atoms with van der Waals surface area (Å²) in [6, 6.07) is 14.0. The van der Waals surface area contributed by atoms with Crippen molar-refractivity contribution in [2.24, 2.45) is 0 Å². The Morgan fingerprint density at radius 3 is 2.37 bits per heavy atom. The zero-order valence-electron chi connectivity index (χ0n) is 15.4. The molecular formula is C19H20BNO6. The van der Waals surface area contributed by atoms with Crippen molar-refractivity contribution in [1.82, 2.24) is 5.48 Å². The molecule has 8 heteroatoms. The molecule has 0 aliphatic carbocycles. The first kappa shape index (κ1) is 20.2. The minimum Gasteiger partial charge on any atom is -0.468 e. The number of carbonyl (C=O) groups excluding carboxylic acids is 3. The van der Waals surface area contributed by atoms with E-state index >= 15 is 0 Å². The molecule has 0 fully saturated rings. The highest BCUT2D eigenvalue weighted by molar-refractivity contribution is 6.32. The van der Waals surface area contributed by atoms with Gasteiger partial charge in [0.1, 0.15) is 7.85 Å². The third-order valence-corrected chi connectivity index (χ3v) is 3.88. The SMILES string of the molecule is Bc1ccc(C(C(=O)NOCc2ccccc2)C(=O)OC)c(C(=O)OC)c1. The van der Waals surface area contributed by atoms with Crippen LogP contribution in [0.25, 0.3) is 0 Å². The summed E-state index contributed by atoms with van der Waals surface area (Å²) in [5.41, 5.74) is 4.18. The van der Waals surface area contributed by atoms with Crippen molar-refractivity contribution in [3.05, 3.63) is 65.2 Å². The summed E-state index contributed by atoms with van der Waals surface area (Å²) >= 11 is 0. The molecule has 0 bridgehead atoms. The zero-order chi connectivity index (χ0) is 19.8. The second-order valence-electron chi connectivity index (χ2n) is 5.78. The van der Waals surface area contributed by atoms with E-state index in [-0.39, 0.29) is 17.7 Å². The summed E-state index contributed by atoms with van der Waals surface area (Å²) in [5.74, 6) is -3.59. The van der Waals surface area contributed by atoms with Crippen molar-refractivity contribution in [3.8, 4) is 0 Å². The fourth-order valence-corrected chi connectivity index (χ4v) is 2.53. The maximum absolute atomic E-state index is 12.6. The van der Waals surface area contributed by atoms with Crippen LogP contribution < -0.4 is 10.9 Å². The van der Waals surface area contributed by atoms with E-state index in [1.165, 1.54) is 20.3 Å². The highest BCUT2D eigenvalue weighted by atomic mass is 16.7. The van der Waals surface area contributed by atoms with Gasteiger partial charge in [-0.2, -0.15) is 0 Å². The van der Waals surface area contributed by atoms with E-state index < -0.39 is 23.8 Å². The van der Waals surface area contributed by atoms with Gasteiger partial charge in [-0.25, -0.2) is 10.3 Å². The molecule has 0 radical (unpaired) electrons. The molecular weight excluding hydrogens is 349 g/mol. The van der Waals surface area contributed by atoms with Crippen LogP contribution in [-0.4, -0.2) is 39.9 Å². The maximum atomic E-state index is 12.6. The molecule has 1 amide bonds. The first-order valence-electron chi connectivity index (χ1n) is 8.20. The fourth-order valence-electron chi connectivity index (χ4n) is 2.53. The van der Waals surface area contributed by atoms with Crippen molar-refractivity contribution in [3.63, 3.8) is 0 Å². The van der Waals surface area contributed by atoms with Crippen LogP contribution >= 0.6 is 0 Å². The third-order valence-electron chi connectivity index (χ3n) is 3.88. The predicted molar refractivity (Wildman–Crippen MR) is 100 cm³/mol. The molecule has 0 aliphatic heterocycles. The molecule has 0 aliphatic rings. The standard InChI is InChI=1S/C19H20BNO6/c1-25-18(23)15-10-13(20)8-9-14(15)16(19(24)26-2)17(22)21-27-11-12-6-4-3-5-7-12/h3-10,16H,11,20H2,1-2H3,(H,21,22). The minimum atomic E-state index is -1.37. The first-order chi connectivity index (χ1) is 13.0. The number of methoxy groups -OCH3 is 2. The molecule has 0 aromatic heterocycles. The smallest absolute Gasteiger partial charge is 0.338 e. The number of ether oxygens (including phenoxy) is 2. The Hall–Kier alpha value is -3.13. The molecule has 27 heavy (non-hydrogen) atoms. The molecule has 1 unspecified atom stereocenters. The van der Waals surface area contributed by atoms with Gasteiger partial charge in [0.2, 0.25) is 0 Å². The van der Waals surface area contributed by atoms with Gasteiger partial charge in [-0.1, -0.05) is 54.0 Å². The van der Waals surface area contributed by atoms with Crippen LogP contribution in [-0.2, 0) is 30.5 Å². The predicted octanol–water partition coefficient (Wildman–Crippen LogP) is 0.236. The Morgan fingerprint density at radius 1 is 1.04 bits per heavy atom. The van der Waals surface area contributed by atoms with Gasteiger partial charge in [0.15, 0.2) is 5.92 Å². The first-order valence-corrected chi connectivity index (χ1v) is 8.20. The quantitative estimate of drug-likeness (QED) is 0.325. The van der Waals surface area contributed by atoms with Gasteiger partial charge < -0.3 is 9.47 Å². The summed E-state index contributed by atoms with van der Waals surface area (Å²) in [4.78, 5) is 42.1. The average Bonchev–Trinajstić information content (AvgIpc) is 2.69. The highest BCUT2D eigenvalue weighted by Crippen LogP contribution is 2.22. The number of carbonyl (C=O) groups is 3. The largest absolute Gasteiger partial charge is 0.468 e. The molecule has 2 aromatic rings.